The van der Waals surface area contributed by atoms with Gasteiger partial charge in [0.15, 0.2) is 9.76 Å². The Morgan fingerprint density at radius 1 is 1.33 bits per heavy atom. The van der Waals surface area contributed by atoms with Crippen molar-refractivity contribution in [3.8, 4) is 0 Å². The summed E-state index contributed by atoms with van der Waals surface area (Å²) in [6, 6.07) is 9.30. The van der Waals surface area contributed by atoms with Gasteiger partial charge < -0.3 is 4.43 Å². The van der Waals surface area contributed by atoms with Crippen molar-refractivity contribution in [2.45, 2.75) is 6.36 Å². The van der Waals surface area contributed by atoms with Crippen LogP contribution in [0.2, 0.25) is 0 Å². The summed E-state index contributed by atoms with van der Waals surface area (Å²) in [6.07, 6.45) is -1.74. The van der Waals surface area contributed by atoms with Crippen molar-refractivity contribution in [3.63, 3.8) is 0 Å². The van der Waals surface area contributed by atoms with Crippen LogP contribution in [0, 0.1) is 0 Å². The van der Waals surface area contributed by atoms with Gasteiger partial charge in [-0.3, -0.25) is 0 Å². The molecule has 0 bridgehead atoms. The molecule has 1 aromatic rings. The zero-order valence-corrected chi connectivity index (χ0v) is 7.96. The van der Waals surface area contributed by atoms with Gasteiger partial charge >= 0.3 is 0 Å². The maximum absolute atomic E-state index is 12.3. The van der Waals surface area contributed by atoms with Crippen LogP contribution in [-0.2, 0) is 4.43 Å². The van der Waals surface area contributed by atoms with Gasteiger partial charge in [-0.1, -0.05) is 30.3 Å². The molecule has 12 heavy (non-hydrogen) atoms. The van der Waals surface area contributed by atoms with Gasteiger partial charge in [0, 0.05) is 0 Å². The fourth-order valence-corrected chi connectivity index (χ4v) is 1.73. The molecule has 0 amide bonds. The second-order valence-corrected chi connectivity index (χ2v) is 3.80. The van der Waals surface area contributed by atoms with E-state index in [0.29, 0.717) is 0 Å². The zero-order chi connectivity index (χ0) is 8.81. The Bertz CT molecular complexity index is 218. The molecule has 4 heteroatoms. The van der Waals surface area contributed by atoms with Gasteiger partial charge in [-0.15, -0.1) is 0 Å². The SMILES string of the molecule is FCC(F)O[SiH2]c1ccccc1. The lowest BCUT2D eigenvalue weighted by Gasteiger charge is -2.04. The zero-order valence-electron chi connectivity index (χ0n) is 6.54. The van der Waals surface area contributed by atoms with E-state index in [9.17, 15) is 8.78 Å². The van der Waals surface area contributed by atoms with Crippen LogP contribution in [0.25, 0.3) is 0 Å². The molecule has 0 heterocycles. The van der Waals surface area contributed by atoms with Crippen LogP contribution in [0.3, 0.4) is 0 Å². The van der Waals surface area contributed by atoms with Crippen molar-refractivity contribution in [3.05, 3.63) is 30.3 Å². The Hall–Kier alpha value is -0.743. The highest BCUT2D eigenvalue weighted by atomic mass is 28.2. The number of hydrogen-bond acceptors (Lipinski definition) is 1. The Morgan fingerprint density at radius 2 is 2.00 bits per heavy atom. The van der Waals surface area contributed by atoms with Gasteiger partial charge in [0.2, 0.25) is 6.36 Å². The molecule has 0 aliphatic carbocycles. The minimum absolute atomic E-state index is 0.980. The van der Waals surface area contributed by atoms with E-state index in [0.717, 1.165) is 5.19 Å². The standard InChI is InChI=1S/C8H10F2OSi/c9-6-8(10)11-12-7-4-2-1-3-5-7/h1-5,8H,6,12H2. The number of halogens is 2. The summed E-state index contributed by atoms with van der Waals surface area (Å²) in [7, 11) is -1.08. The van der Waals surface area contributed by atoms with Crippen molar-refractivity contribution >= 4 is 14.9 Å². The first kappa shape index (κ1) is 9.35. The second-order valence-electron chi connectivity index (χ2n) is 2.36. The van der Waals surface area contributed by atoms with Crippen LogP contribution in [0.4, 0.5) is 8.78 Å². The van der Waals surface area contributed by atoms with Gasteiger partial charge in [0.1, 0.15) is 6.67 Å². The molecule has 0 N–H and O–H groups in total. The predicted molar refractivity (Wildman–Crippen MR) is 46.6 cm³/mol. The van der Waals surface area contributed by atoms with Crippen LogP contribution in [0.5, 0.6) is 0 Å². The van der Waals surface area contributed by atoms with Gasteiger partial charge in [0.25, 0.3) is 0 Å². The molecule has 0 fully saturated rings. The molecular weight excluding hydrogens is 178 g/mol. The Morgan fingerprint density at radius 3 is 2.58 bits per heavy atom. The van der Waals surface area contributed by atoms with Gasteiger partial charge in [-0.25, -0.2) is 8.78 Å². The molecular formula is C8H10F2OSi. The third-order valence-electron chi connectivity index (χ3n) is 1.39. The van der Waals surface area contributed by atoms with Crippen LogP contribution in [-0.4, -0.2) is 22.8 Å². The summed E-state index contributed by atoms with van der Waals surface area (Å²) in [5, 5.41) is 0.980. The summed E-state index contributed by atoms with van der Waals surface area (Å²) in [6.45, 7) is -1.06. The van der Waals surface area contributed by atoms with Crippen molar-refractivity contribution in [2.75, 3.05) is 6.67 Å². The minimum Gasteiger partial charge on any atom is -0.389 e. The molecule has 1 rings (SSSR count). The lowest BCUT2D eigenvalue weighted by Crippen LogP contribution is -2.22. The van der Waals surface area contributed by atoms with E-state index in [2.05, 4.69) is 4.43 Å². The van der Waals surface area contributed by atoms with Crippen LogP contribution >= 0.6 is 0 Å². The Labute approximate surface area is 72.3 Å². The molecule has 0 radical (unpaired) electrons. The molecule has 0 saturated carbocycles. The van der Waals surface area contributed by atoms with E-state index < -0.39 is 22.8 Å². The molecule has 0 spiro atoms. The molecule has 0 aromatic heterocycles. The number of hydrogen-bond donors (Lipinski definition) is 0. The van der Waals surface area contributed by atoms with E-state index in [1.54, 1.807) is 0 Å². The van der Waals surface area contributed by atoms with Crippen molar-refractivity contribution < 1.29 is 13.2 Å². The third-order valence-corrected chi connectivity index (χ3v) is 2.73. The molecule has 0 aliphatic rings. The molecule has 1 atom stereocenters. The van der Waals surface area contributed by atoms with Crippen molar-refractivity contribution in [2.24, 2.45) is 0 Å². The van der Waals surface area contributed by atoms with E-state index >= 15 is 0 Å². The number of alkyl halides is 2. The largest absolute Gasteiger partial charge is 0.389 e. The van der Waals surface area contributed by atoms with E-state index in [1.165, 1.54) is 0 Å². The van der Waals surface area contributed by atoms with Gasteiger partial charge in [-0.2, -0.15) is 0 Å². The van der Waals surface area contributed by atoms with Crippen molar-refractivity contribution in [1.29, 1.82) is 0 Å². The fraction of sp³-hybridized carbons (Fsp3) is 0.250. The predicted octanol–water partition coefficient (Wildman–Crippen LogP) is 0.677. The second kappa shape index (κ2) is 5.00. The molecule has 66 valence electrons. The van der Waals surface area contributed by atoms with E-state index in [4.69, 9.17) is 0 Å². The van der Waals surface area contributed by atoms with Gasteiger partial charge in [0.05, 0.1) is 0 Å². The lowest BCUT2D eigenvalue weighted by atomic mass is 10.4. The highest BCUT2D eigenvalue weighted by Gasteiger charge is 2.04. The monoisotopic (exact) mass is 188 g/mol. The molecule has 1 nitrogen and oxygen atoms in total. The molecule has 1 aromatic carbocycles. The summed E-state index contributed by atoms with van der Waals surface area (Å²) < 4.78 is 28.5. The first-order valence-electron chi connectivity index (χ1n) is 3.68. The fourth-order valence-electron chi connectivity index (χ4n) is 0.805. The van der Waals surface area contributed by atoms with Crippen LogP contribution in [0.1, 0.15) is 0 Å². The molecule has 0 saturated heterocycles. The number of rotatable bonds is 4. The van der Waals surface area contributed by atoms with E-state index in [-0.39, 0.29) is 0 Å². The van der Waals surface area contributed by atoms with Crippen molar-refractivity contribution in [1.82, 2.24) is 0 Å². The van der Waals surface area contributed by atoms with Gasteiger partial charge in [-0.05, 0) is 5.19 Å². The summed E-state index contributed by atoms with van der Waals surface area (Å²) in [5.41, 5.74) is 0. The Balaban J connectivity index is 2.33. The van der Waals surface area contributed by atoms with Crippen LogP contribution in [0.15, 0.2) is 30.3 Å². The smallest absolute Gasteiger partial charge is 0.218 e. The maximum Gasteiger partial charge on any atom is 0.218 e. The molecule has 1 unspecified atom stereocenters. The van der Waals surface area contributed by atoms with Crippen LogP contribution < -0.4 is 5.19 Å². The summed E-state index contributed by atoms with van der Waals surface area (Å²) >= 11 is 0. The quantitative estimate of drug-likeness (QED) is 0.631. The Kier molecular flexibility index (Phi) is 3.89. The molecule has 0 aliphatic heterocycles. The highest BCUT2D eigenvalue weighted by molar-refractivity contribution is 6.46. The first-order chi connectivity index (χ1) is 5.83. The summed E-state index contributed by atoms with van der Waals surface area (Å²) in [4.78, 5) is 0. The lowest BCUT2D eigenvalue weighted by molar-refractivity contribution is 0.0487. The number of benzene rings is 1. The average Bonchev–Trinajstić information content (AvgIpc) is 2.16. The topological polar surface area (TPSA) is 9.23 Å². The maximum atomic E-state index is 12.3. The average molecular weight is 188 g/mol. The van der Waals surface area contributed by atoms with E-state index in [1.807, 2.05) is 30.3 Å². The third kappa shape index (κ3) is 3.10. The summed E-state index contributed by atoms with van der Waals surface area (Å²) in [5.74, 6) is 0. The normalized spacial score (nSPS) is 13.8. The highest BCUT2D eigenvalue weighted by Crippen LogP contribution is 1.92. The first-order valence-corrected chi connectivity index (χ1v) is 4.97. The minimum atomic E-state index is -1.74.